The maximum atomic E-state index is 8.59. The van der Waals surface area contributed by atoms with Crippen LogP contribution in [0.1, 0.15) is 11.3 Å². The summed E-state index contributed by atoms with van der Waals surface area (Å²) in [6.45, 7) is 1.98. The van der Waals surface area contributed by atoms with Gasteiger partial charge < -0.3 is 4.57 Å². The van der Waals surface area contributed by atoms with Gasteiger partial charge in [-0.1, -0.05) is 24.3 Å². The van der Waals surface area contributed by atoms with Crippen LogP contribution in [0.5, 0.6) is 0 Å². The van der Waals surface area contributed by atoms with Gasteiger partial charge in [-0.2, -0.15) is 5.26 Å². The molecule has 0 aliphatic rings. The molecule has 0 unspecified atom stereocenters. The van der Waals surface area contributed by atoms with E-state index in [1.807, 2.05) is 49.0 Å². The summed E-state index contributed by atoms with van der Waals surface area (Å²) in [7, 11) is 1.98. The van der Waals surface area contributed by atoms with Crippen molar-refractivity contribution in [2.24, 2.45) is 7.05 Å². The van der Waals surface area contributed by atoms with E-state index in [1.165, 1.54) is 0 Å². The van der Waals surface area contributed by atoms with E-state index in [1.54, 1.807) is 0 Å². The smallest absolute Gasteiger partial charge is 0.139 e. The van der Waals surface area contributed by atoms with E-state index in [-0.39, 0.29) is 0 Å². The van der Waals surface area contributed by atoms with E-state index < -0.39 is 0 Å². The average molecular weight is 211 g/mol. The number of hydrogen-bond donors (Lipinski definition) is 0. The fourth-order valence-electron chi connectivity index (χ4n) is 1.75. The first kappa shape index (κ1) is 10.4. The fourth-order valence-corrected chi connectivity index (χ4v) is 1.75. The van der Waals surface area contributed by atoms with Crippen LogP contribution in [0.25, 0.3) is 11.4 Å². The van der Waals surface area contributed by atoms with Gasteiger partial charge in [-0.25, -0.2) is 4.98 Å². The standard InChI is InChI=1S/C13H13N3/c1-10-9-16(2)13(15-10)12-5-3-11(4-6-12)7-8-14/h3-6,9H,7H2,1-2H3. The molecule has 1 heterocycles. The zero-order valence-corrected chi connectivity index (χ0v) is 9.44. The summed E-state index contributed by atoms with van der Waals surface area (Å²) in [5.74, 6) is 0.959. The van der Waals surface area contributed by atoms with E-state index in [9.17, 15) is 0 Å². The second-order valence-electron chi connectivity index (χ2n) is 3.85. The summed E-state index contributed by atoms with van der Waals surface area (Å²) in [6, 6.07) is 10.1. The Hall–Kier alpha value is -2.08. The molecule has 80 valence electrons. The zero-order chi connectivity index (χ0) is 11.5. The summed E-state index contributed by atoms with van der Waals surface area (Å²) >= 11 is 0. The molecule has 0 radical (unpaired) electrons. The minimum Gasteiger partial charge on any atom is -0.334 e. The molecule has 2 aromatic rings. The van der Waals surface area contributed by atoms with Crippen molar-refractivity contribution in [1.29, 1.82) is 5.26 Å². The van der Waals surface area contributed by atoms with Crippen molar-refractivity contribution < 1.29 is 0 Å². The molecule has 3 nitrogen and oxygen atoms in total. The molecular formula is C13H13N3. The minimum atomic E-state index is 0.458. The lowest BCUT2D eigenvalue weighted by atomic mass is 10.1. The average Bonchev–Trinajstić information content (AvgIpc) is 2.59. The van der Waals surface area contributed by atoms with Gasteiger partial charge >= 0.3 is 0 Å². The van der Waals surface area contributed by atoms with Crippen LogP contribution in [-0.4, -0.2) is 9.55 Å². The second-order valence-corrected chi connectivity index (χ2v) is 3.85. The third-order valence-electron chi connectivity index (χ3n) is 2.49. The number of rotatable bonds is 2. The molecule has 1 aromatic carbocycles. The van der Waals surface area contributed by atoms with Gasteiger partial charge in [0, 0.05) is 18.8 Å². The van der Waals surface area contributed by atoms with Crippen LogP contribution in [0.2, 0.25) is 0 Å². The van der Waals surface area contributed by atoms with Crippen LogP contribution in [0, 0.1) is 18.3 Å². The molecule has 0 bridgehead atoms. The molecule has 1 aromatic heterocycles. The molecule has 0 aliphatic heterocycles. The Bertz CT molecular complexity index is 529. The van der Waals surface area contributed by atoms with Crippen molar-refractivity contribution in [1.82, 2.24) is 9.55 Å². The number of nitrogens with zero attached hydrogens (tertiary/aromatic N) is 3. The molecule has 0 N–H and O–H groups in total. The van der Waals surface area contributed by atoms with E-state index in [2.05, 4.69) is 11.1 Å². The predicted molar refractivity (Wildman–Crippen MR) is 62.7 cm³/mol. The normalized spacial score (nSPS) is 10.1. The van der Waals surface area contributed by atoms with Crippen molar-refractivity contribution in [2.45, 2.75) is 13.3 Å². The molecule has 3 heteroatoms. The lowest BCUT2D eigenvalue weighted by molar-refractivity contribution is 0.924. The van der Waals surface area contributed by atoms with Gasteiger partial charge in [0.1, 0.15) is 5.82 Å². The van der Waals surface area contributed by atoms with Crippen molar-refractivity contribution >= 4 is 0 Å². The van der Waals surface area contributed by atoms with Crippen molar-refractivity contribution in [3.05, 3.63) is 41.7 Å². The van der Waals surface area contributed by atoms with Gasteiger partial charge in [0.05, 0.1) is 18.2 Å². The Morgan fingerprint density at radius 2 is 2.00 bits per heavy atom. The first-order valence-corrected chi connectivity index (χ1v) is 5.17. The number of aryl methyl sites for hydroxylation is 2. The Morgan fingerprint density at radius 1 is 1.31 bits per heavy atom. The van der Waals surface area contributed by atoms with Crippen LogP contribution < -0.4 is 0 Å². The van der Waals surface area contributed by atoms with E-state index in [0.717, 1.165) is 22.6 Å². The number of hydrogen-bond acceptors (Lipinski definition) is 2. The largest absolute Gasteiger partial charge is 0.334 e. The third kappa shape index (κ3) is 1.96. The highest BCUT2D eigenvalue weighted by Gasteiger charge is 2.04. The van der Waals surface area contributed by atoms with Gasteiger partial charge in [0.25, 0.3) is 0 Å². The number of nitriles is 1. The monoisotopic (exact) mass is 211 g/mol. The van der Waals surface area contributed by atoms with Gasteiger partial charge in [0.2, 0.25) is 0 Å². The Labute approximate surface area is 95.0 Å². The van der Waals surface area contributed by atoms with Crippen LogP contribution in [-0.2, 0) is 13.5 Å². The highest BCUT2D eigenvalue weighted by Crippen LogP contribution is 2.18. The third-order valence-corrected chi connectivity index (χ3v) is 2.49. The van der Waals surface area contributed by atoms with Crippen molar-refractivity contribution in [2.75, 3.05) is 0 Å². The minimum absolute atomic E-state index is 0.458. The lowest BCUT2D eigenvalue weighted by Crippen LogP contribution is -1.91. The zero-order valence-electron chi connectivity index (χ0n) is 9.44. The second kappa shape index (κ2) is 4.19. The molecule has 0 spiro atoms. The lowest BCUT2D eigenvalue weighted by Gasteiger charge is -2.02. The first-order valence-electron chi connectivity index (χ1n) is 5.17. The highest BCUT2D eigenvalue weighted by molar-refractivity contribution is 5.56. The topological polar surface area (TPSA) is 41.6 Å². The van der Waals surface area contributed by atoms with Crippen LogP contribution in [0.4, 0.5) is 0 Å². The Morgan fingerprint density at radius 3 is 2.50 bits per heavy atom. The Kier molecular flexibility index (Phi) is 2.74. The molecule has 0 atom stereocenters. The molecule has 16 heavy (non-hydrogen) atoms. The van der Waals surface area contributed by atoms with Crippen LogP contribution >= 0.6 is 0 Å². The summed E-state index contributed by atoms with van der Waals surface area (Å²) in [4.78, 5) is 4.45. The summed E-state index contributed by atoms with van der Waals surface area (Å²) in [6.07, 6.45) is 2.46. The van der Waals surface area contributed by atoms with Crippen LogP contribution in [0.15, 0.2) is 30.5 Å². The highest BCUT2D eigenvalue weighted by atomic mass is 15.0. The number of aromatic nitrogens is 2. The van der Waals surface area contributed by atoms with Gasteiger partial charge in [0.15, 0.2) is 0 Å². The van der Waals surface area contributed by atoms with Crippen LogP contribution in [0.3, 0.4) is 0 Å². The van der Waals surface area contributed by atoms with Gasteiger partial charge in [-0.05, 0) is 12.5 Å². The van der Waals surface area contributed by atoms with E-state index >= 15 is 0 Å². The van der Waals surface area contributed by atoms with Gasteiger partial charge in [-0.15, -0.1) is 0 Å². The number of imidazole rings is 1. The molecule has 0 saturated carbocycles. The summed E-state index contributed by atoms with van der Waals surface area (Å²) in [5.41, 5.74) is 3.13. The molecule has 0 amide bonds. The molecule has 0 saturated heterocycles. The molecule has 0 fully saturated rings. The Balaban J connectivity index is 2.35. The molecule has 2 rings (SSSR count). The summed E-state index contributed by atoms with van der Waals surface area (Å²) in [5, 5.41) is 8.59. The number of benzene rings is 1. The summed E-state index contributed by atoms with van der Waals surface area (Å²) < 4.78 is 2.01. The SMILES string of the molecule is Cc1cn(C)c(-c2ccc(CC#N)cc2)n1. The van der Waals surface area contributed by atoms with Crippen molar-refractivity contribution in [3.8, 4) is 17.5 Å². The first-order chi connectivity index (χ1) is 7.70. The molecule has 0 aliphatic carbocycles. The van der Waals surface area contributed by atoms with Crippen molar-refractivity contribution in [3.63, 3.8) is 0 Å². The molecular weight excluding hydrogens is 198 g/mol. The quantitative estimate of drug-likeness (QED) is 0.765. The van der Waals surface area contributed by atoms with Gasteiger partial charge in [-0.3, -0.25) is 0 Å². The van der Waals surface area contributed by atoms with E-state index in [0.29, 0.717) is 6.42 Å². The van der Waals surface area contributed by atoms with E-state index in [4.69, 9.17) is 5.26 Å². The predicted octanol–water partition coefficient (Wildman–Crippen LogP) is 2.46. The fraction of sp³-hybridized carbons (Fsp3) is 0.231. The maximum Gasteiger partial charge on any atom is 0.139 e. The maximum absolute atomic E-state index is 8.59.